The van der Waals surface area contributed by atoms with Crippen LogP contribution in [-0.4, -0.2) is 40.0 Å². The van der Waals surface area contributed by atoms with Gasteiger partial charge in [-0.2, -0.15) is 5.10 Å². The lowest BCUT2D eigenvalue weighted by atomic mass is 9.99. The van der Waals surface area contributed by atoms with Crippen LogP contribution in [0.25, 0.3) is 0 Å². The fourth-order valence-electron chi connectivity index (χ4n) is 2.02. The second-order valence-corrected chi connectivity index (χ2v) is 4.62. The van der Waals surface area contributed by atoms with Crippen molar-refractivity contribution in [2.24, 2.45) is 5.92 Å². The van der Waals surface area contributed by atoms with E-state index in [9.17, 15) is 9.59 Å². The molecule has 5 heteroatoms. The number of rotatable bonds is 3. The zero-order valence-electron chi connectivity index (χ0n) is 10.0. The summed E-state index contributed by atoms with van der Waals surface area (Å²) in [5, 5.41) is 3.98. The number of hydrogen-bond donors (Lipinski definition) is 0. The van der Waals surface area contributed by atoms with Gasteiger partial charge in [-0.3, -0.25) is 14.3 Å². The first-order chi connectivity index (χ1) is 8.19. The van der Waals surface area contributed by atoms with Gasteiger partial charge < -0.3 is 4.90 Å². The molecule has 0 spiro atoms. The maximum absolute atomic E-state index is 11.9. The Morgan fingerprint density at radius 1 is 1.53 bits per heavy atom. The molecule has 1 amide bonds. The van der Waals surface area contributed by atoms with Crippen LogP contribution in [0, 0.1) is 5.92 Å². The molecule has 92 valence electrons. The summed E-state index contributed by atoms with van der Waals surface area (Å²) >= 11 is 0. The van der Waals surface area contributed by atoms with E-state index in [4.69, 9.17) is 0 Å². The van der Waals surface area contributed by atoms with E-state index in [0.717, 1.165) is 25.9 Å². The molecule has 0 saturated carbocycles. The van der Waals surface area contributed by atoms with Gasteiger partial charge in [0.2, 0.25) is 5.91 Å². The largest absolute Gasteiger partial charge is 0.341 e. The first kappa shape index (κ1) is 11.8. The van der Waals surface area contributed by atoms with Gasteiger partial charge >= 0.3 is 0 Å². The lowest BCUT2D eigenvalue weighted by Gasteiger charge is -2.30. The highest BCUT2D eigenvalue weighted by Gasteiger charge is 2.20. The molecule has 1 aliphatic heterocycles. The third-order valence-electron chi connectivity index (χ3n) is 3.22. The zero-order chi connectivity index (χ0) is 12.3. The van der Waals surface area contributed by atoms with Crippen molar-refractivity contribution >= 4 is 12.2 Å². The van der Waals surface area contributed by atoms with Gasteiger partial charge in [0.1, 0.15) is 12.2 Å². The first-order valence-corrected chi connectivity index (χ1v) is 5.95. The van der Waals surface area contributed by atoms with Crippen molar-refractivity contribution in [1.29, 1.82) is 0 Å². The average Bonchev–Trinajstić information content (AvgIpc) is 2.77. The highest BCUT2D eigenvalue weighted by molar-refractivity contribution is 5.76. The summed E-state index contributed by atoms with van der Waals surface area (Å²) in [5.74, 6) is 0.794. The van der Waals surface area contributed by atoms with Crippen LogP contribution in [-0.2, 0) is 11.3 Å². The van der Waals surface area contributed by atoms with E-state index in [1.807, 2.05) is 4.90 Å². The molecule has 1 saturated heterocycles. The van der Waals surface area contributed by atoms with Crippen molar-refractivity contribution in [3.05, 3.63) is 18.0 Å². The molecular weight excluding hydrogens is 218 g/mol. The summed E-state index contributed by atoms with van der Waals surface area (Å²) in [6.07, 6.45) is 4.49. The van der Waals surface area contributed by atoms with Gasteiger partial charge in [-0.1, -0.05) is 6.92 Å². The van der Waals surface area contributed by atoms with E-state index in [1.165, 1.54) is 4.68 Å². The third-order valence-corrected chi connectivity index (χ3v) is 3.22. The van der Waals surface area contributed by atoms with E-state index >= 15 is 0 Å². The van der Waals surface area contributed by atoms with E-state index in [0.29, 0.717) is 17.9 Å². The molecule has 0 N–H and O–H groups in total. The predicted octanol–water partition coefficient (Wildman–Crippen LogP) is 0.954. The Morgan fingerprint density at radius 2 is 2.24 bits per heavy atom. The normalized spacial score (nSPS) is 17.1. The van der Waals surface area contributed by atoms with Crippen molar-refractivity contribution in [1.82, 2.24) is 14.7 Å². The zero-order valence-corrected chi connectivity index (χ0v) is 10.0. The molecule has 0 radical (unpaired) electrons. The molecule has 0 atom stereocenters. The van der Waals surface area contributed by atoms with Crippen molar-refractivity contribution < 1.29 is 9.59 Å². The number of aldehydes is 1. The topological polar surface area (TPSA) is 55.2 Å². The van der Waals surface area contributed by atoms with E-state index in [2.05, 4.69) is 12.0 Å². The van der Waals surface area contributed by atoms with Crippen LogP contribution in [0.15, 0.2) is 12.3 Å². The van der Waals surface area contributed by atoms with Gasteiger partial charge in [-0.25, -0.2) is 0 Å². The van der Waals surface area contributed by atoms with Crippen LogP contribution in [0.2, 0.25) is 0 Å². The molecule has 1 aliphatic rings. The van der Waals surface area contributed by atoms with Crippen molar-refractivity contribution in [3.8, 4) is 0 Å². The van der Waals surface area contributed by atoms with Crippen LogP contribution < -0.4 is 0 Å². The molecule has 0 aliphatic carbocycles. The molecule has 5 nitrogen and oxygen atoms in total. The quantitative estimate of drug-likeness (QED) is 0.733. The molecule has 1 fully saturated rings. The minimum atomic E-state index is 0.0810. The van der Waals surface area contributed by atoms with Crippen LogP contribution in [0.3, 0.4) is 0 Å². The Hall–Kier alpha value is -1.65. The second-order valence-electron chi connectivity index (χ2n) is 4.62. The molecule has 1 aromatic rings. The Bertz CT molecular complexity index is 406. The Kier molecular flexibility index (Phi) is 3.56. The second kappa shape index (κ2) is 5.12. The highest BCUT2D eigenvalue weighted by Crippen LogP contribution is 2.16. The van der Waals surface area contributed by atoms with E-state index in [-0.39, 0.29) is 12.5 Å². The van der Waals surface area contributed by atoms with Gasteiger partial charge in [0, 0.05) is 19.3 Å². The summed E-state index contributed by atoms with van der Waals surface area (Å²) in [5.41, 5.74) is 0.366. The average molecular weight is 235 g/mol. The summed E-state index contributed by atoms with van der Waals surface area (Å²) < 4.78 is 1.52. The number of aromatic nitrogens is 2. The summed E-state index contributed by atoms with van der Waals surface area (Å²) in [4.78, 5) is 24.3. The number of amides is 1. The molecular formula is C12H17N3O2. The molecule has 17 heavy (non-hydrogen) atoms. The predicted molar refractivity (Wildman–Crippen MR) is 62.6 cm³/mol. The van der Waals surface area contributed by atoms with Gasteiger partial charge in [-0.15, -0.1) is 0 Å². The van der Waals surface area contributed by atoms with Gasteiger partial charge in [0.25, 0.3) is 0 Å². The SMILES string of the molecule is CC1CCN(C(=O)Cn2ccc(C=O)n2)CC1. The summed E-state index contributed by atoms with van der Waals surface area (Å²) in [6, 6.07) is 1.61. The van der Waals surface area contributed by atoms with E-state index < -0.39 is 0 Å². The molecule has 0 bridgehead atoms. The number of nitrogens with zero attached hydrogens (tertiary/aromatic N) is 3. The Balaban J connectivity index is 1.90. The lowest BCUT2D eigenvalue weighted by Crippen LogP contribution is -2.39. The van der Waals surface area contributed by atoms with Gasteiger partial charge in [-0.05, 0) is 24.8 Å². The van der Waals surface area contributed by atoms with Gasteiger partial charge in [0.05, 0.1) is 0 Å². The van der Waals surface area contributed by atoms with E-state index in [1.54, 1.807) is 12.3 Å². The fraction of sp³-hybridized carbons (Fsp3) is 0.583. The van der Waals surface area contributed by atoms with Crippen molar-refractivity contribution in [3.63, 3.8) is 0 Å². The number of piperidine rings is 1. The monoisotopic (exact) mass is 235 g/mol. The Morgan fingerprint density at radius 3 is 2.82 bits per heavy atom. The summed E-state index contributed by atoms with van der Waals surface area (Å²) in [6.45, 7) is 4.11. The minimum absolute atomic E-state index is 0.0810. The fourth-order valence-corrected chi connectivity index (χ4v) is 2.02. The molecule has 1 aromatic heterocycles. The van der Waals surface area contributed by atoms with Crippen LogP contribution >= 0.6 is 0 Å². The maximum atomic E-state index is 11.9. The third kappa shape index (κ3) is 2.93. The number of carbonyl (C=O) groups excluding carboxylic acids is 2. The minimum Gasteiger partial charge on any atom is -0.341 e. The van der Waals surface area contributed by atoms with Crippen molar-refractivity contribution in [2.45, 2.75) is 26.3 Å². The molecule has 2 rings (SSSR count). The lowest BCUT2D eigenvalue weighted by molar-refractivity contribution is -0.133. The van der Waals surface area contributed by atoms with Gasteiger partial charge in [0.15, 0.2) is 6.29 Å². The Labute approximate surface area is 100 Å². The maximum Gasteiger partial charge on any atom is 0.244 e. The van der Waals surface area contributed by atoms with Crippen LogP contribution in [0.1, 0.15) is 30.3 Å². The standard InChI is InChI=1S/C12H17N3O2/c1-10-2-5-14(6-3-10)12(17)8-15-7-4-11(9-16)13-15/h4,7,9-10H,2-3,5-6,8H2,1H3. The molecule has 2 heterocycles. The molecule has 0 unspecified atom stereocenters. The van der Waals surface area contributed by atoms with Crippen LogP contribution in [0.4, 0.5) is 0 Å². The highest BCUT2D eigenvalue weighted by atomic mass is 16.2. The van der Waals surface area contributed by atoms with Crippen LogP contribution in [0.5, 0.6) is 0 Å². The summed E-state index contributed by atoms with van der Waals surface area (Å²) in [7, 11) is 0. The first-order valence-electron chi connectivity index (χ1n) is 5.95. The molecule has 0 aromatic carbocycles. The number of likely N-dealkylation sites (tertiary alicyclic amines) is 1. The smallest absolute Gasteiger partial charge is 0.244 e. The number of carbonyl (C=O) groups is 2. The number of hydrogen-bond acceptors (Lipinski definition) is 3. The van der Waals surface area contributed by atoms with Crippen molar-refractivity contribution in [2.75, 3.05) is 13.1 Å².